The Morgan fingerprint density at radius 1 is 1.55 bits per heavy atom. The van der Waals surface area contributed by atoms with Crippen LogP contribution in [-0.2, 0) is 11.2 Å². The van der Waals surface area contributed by atoms with E-state index in [0.717, 1.165) is 43.4 Å². The van der Waals surface area contributed by atoms with Crippen LogP contribution in [0.4, 0.5) is 0 Å². The molecule has 1 heterocycles. The van der Waals surface area contributed by atoms with Crippen molar-refractivity contribution in [1.29, 1.82) is 0 Å². The molecule has 0 radical (unpaired) electrons. The molecule has 0 aliphatic carbocycles. The number of hydrogen-bond acceptors (Lipinski definition) is 2. The van der Waals surface area contributed by atoms with Crippen molar-refractivity contribution in [1.82, 2.24) is 10.6 Å². The van der Waals surface area contributed by atoms with E-state index in [9.17, 15) is 4.79 Å². The monoisotopic (exact) mass is 338 g/mol. The third-order valence-corrected chi connectivity index (χ3v) is 4.48. The Bertz CT molecular complexity index is 444. The van der Waals surface area contributed by atoms with Gasteiger partial charge in [0.1, 0.15) is 0 Å². The molecule has 0 spiro atoms. The molecule has 110 valence electrons. The van der Waals surface area contributed by atoms with Gasteiger partial charge in [0.15, 0.2) is 0 Å². The van der Waals surface area contributed by atoms with Gasteiger partial charge >= 0.3 is 0 Å². The molecule has 2 rings (SSSR count). The minimum atomic E-state index is 0.165. The second-order valence-electron chi connectivity index (χ2n) is 5.54. The predicted molar refractivity (Wildman–Crippen MR) is 85.6 cm³/mol. The Morgan fingerprint density at radius 2 is 2.40 bits per heavy atom. The van der Waals surface area contributed by atoms with Crippen molar-refractivity contribution in [2.45, 2.75) is 26.2 Å². The molecule has 1 aromatic rings. The maximum Gasteiger partial charge on any atom is 0.224 e. The van der Waals surface area contributed by atoms with Crippen molar-refractivity contribution in [3.63, 3.8) is 0 Å². The normalized spacial score (nSPS) is 19.8. The summed E-state index contributed by atoms with van der Waals surface area (Å²) in [7, 11) is 0. The molecule has 1 fully saturated rings. The molecule has 1 aliphatic rings. The van der Waals surface area contributed by atoms with E-state index in [1.165, 1.54) is 5.56 Å². The molecular weight excluding hydrogens is 316 g/mol. The second-order valence-corrected chi connectivity index (χ2v) is 6.46. The van der Waals surface area contributed by atoms with Crippen molar-refractivity contribution in [3.05, 3.63) is 34.3 Å². The maximum absolute atomic E-state index is 12.0. The number of amides is 1. The molecule has 0 saturated carbocycles. The lowest BCUT2D eigenvalue weighted by atomic mass is 9.96. The maximum atomic E-state index is 12.0. The van der Waals surface area contributed by atoms with Gasteiger partial charge in [-0.05, 0) is 43.0 Å². The van der Waals surface area contributed by atoms with Gasteiger partial charge in [0.2, 0.25) is 5.91 Å². The van der Waals surface area contributed by atoms with Gasteiger partial charge in [0.05, 0.1) is 5.92 Å². The van der Waals surface area contributed by atoms with Crippen molar-refractivity contribution >= 4 is 21.8 Å². The van der Waals surface area contributed by atoms with Gasteiger partial charge in [-0.25, -0.2) is 0 Å². The average Bonchev–Trinajstić information content (AvgIpc) is 2.97. The van der Waals surface area contributed by atoms with Crippen molar-refractivity contribution in [3.8, 4) is 0 Å². The first-order valence-corrected chi connectivity index (χ1v) is 8.21. The van der Waals surface area contributed by atoms with E-state index in [1.54, 1.807) is 0 Å². The standard InChI is InChI=1S/C16H23BrN2O/c1-2-12(8-13-4-3-5-15(17)9-13)10-19-16(20)14-6-7-18-11-14/h3-5,9,12,14,18H,2,6-8,10-11H2,1H3,(H,19,20). The Kier molecular flexibility index (Phi) is 6.05. The summed E-state index contributed by atoms with van der Waals surface area (Å²) in [6, 6.07) is 8.41. The number of rotatable bonds is 6. The number of carbonyl (C=O) groups is 1. The number of nitrogens with one attached hydrogen (secondary N) is 2. The lowest BCUT2D eigenvalue weighted by molar-refractivity contribution is -0.124. The highest BCUT2D eigenvalue weighted by molar-refractivity contribution is 9.10. The van der Waals surface area contributed by atoms with Gasteiger partial charge in [-0.2, -0.15) is 0 Å². The van der Waals surface area contributed by atoms with Crippen molar-refractivity contribution in [2.75, 3.05) is 19.6 Å². The van der Waals surface area contributed by atoms with E-state index in [-0.39, 0.29) is 11.8 Å². The molecule has 3 nitrogen and oxygen atoms in total. The molecule has 0 bridgehead atoms. The van der Waals surface area contributed by atoms with Gasteiger partial charge < -0.3 is 10.6 Å². The van der Waals surface area contributed by atoms with Crippen LogP contribution >= 0.6 is 15.9 Å². The van der Waals surface area contributed by atoms with Crippen LogP contribution in [0.5, 0.6) is 0 Å². The molecule has 2 N–H and O–H groups in total. The molecule has 1 aromatic carbocycles. The summed E-state index contributed by atoms with van der Waals surface area (Å²) in [5.74, 6) is 0.878. The molecule has 0 aromatic heterocycles. The van der Waals surface area contributed by atoms with Crippen LogP contribution < -0.4 is 10.6 Å². The Morgan fingerprint density at radius 3 is 3.05 bits per heavy atom. The van der Waals surface area contributed by atoms with Crippen LogP contribution in [0.1, 0.15) is 25.3 Å². The van der Waals surface area contributed by atoms with Crippen molar-refractivity contribution in [2.24, 2.45) is 11.8 Å². The summed E-state index contributed by atoms with van der Waals surface area (Å²) in [5.41, 5.74) is 1.32. The lowest BCUT2D eigenvalue weighted by Gasteiger charge is -2.17. The highest BCUT2D eigenvalue weighted by Crippen LogP contribution is 2.17. The number of carbonyl (C=O) groups excluding carboxylic acids is 1. The van der Waals surface area contributed by atoms with E-state index in [0.29, 0.717) is 5.92 Å². The average molecular weight is 339 g/mol. The van der Waals surface area contributed by atoms with E-state index in [1.807, 2.05) is 6.07 Å². The molecule has 1 aliphatic heterocycles. The second kappa shape index (κ2) is 7.79. The molecule has 2 atom stereocenters. The van der Waals surface area contributed by atoms with E-state index in [2.05, 4.69) is 51.7 Å². The van der Waals surface area contributed by atoms with Gasteiger partial charge in [0, 0.05) is 17.6 Å². The highest BCUT2D eigenvalue weighted by atomic mass is 79.9. The predicted octanol–water partition coefficient (Wildman–Crippen LogP) is 2.74. The topological polar surface area (TPSA) is 41.1 Å². The summed E-state index contributed by atoms with van der Waals surface area (Å²) in [6.45, 7) is 4.76. The quantitative estimate of drug-likeness (QED) is 0.837. The van der Waals surface area contributed by atoms with Crippen LogP contribution in [0.15, 0.2) is 28.7 Å². The summed E-state index contributed by atoms with van der Waals surface area (Å²) < 4.78 is 1.12. The minimum Gasteiger partial charge on any atom is -0.356 e. The minimum absolute atomic E-state index is 0.165. The molecular formula is C16H23BrN2O. The summed E-state index contributed by atoms with van der Waals surface area (Å²) in [6.07, 6.45) is 3.06. The first-order valence-electron chi connectivity index (χ1n) is 7.42. The zero-order chi connectivity index (χ0) is 14.4. The third kappa shape index (κ3) is 4.60. The highest BCUT2D eigenvalue weighted by Gasteiger charge is 2.22. The Balaban J connectivity index is 1.81. The molecule has 1 amide bonds. The van der Waals surface area contributed by atoms with Crippen LogP contribution in [0.2, 0.25) is 0 Å². The largest absolute Gasteiger partial charge is 0.356 e. The molecule has 4 heteroatoms. The zero-order valence-electron chi connectivity index (χ0n) is 12.0. The number of hydrogen-bond donors (Lipinski definition) is 2. The van der Waals surface area contributed by atoms with Crippen LogP contribution in [-0.4, -0.2) is 25.5 Å². The Hall–Kier alpha value is -0.870. The zero-order valence-corrected chi connectivity index (χ0v) is 13.6. The van der Waals surface area contributed by atoms with Crippen LogP contribution in [0.25, 0.3) is 0 Å². The fourth-order valence-electron chi connectivity index (χ4n) is 2.63. The number of halogens is 1. The summed E-state index contributed by atoms with van der Waals surface area (Å²) in [5, 5.41) is 6.35. The van der Waals surface area contributed by atoms with E-state index in [4.69, 9.17) is 0 Å². The van der Waals surface area contributed by atoms with Crippen LogP contribution in [0.3, 0.4) is 0 Å². The molecule has 20 heavy (non-hydrogen) atoms. The molecule has 1 saturated heterocycles. The smallest absolute Gasteiger partial charge is 0.224 e. The van der Waals surface area contributed by atoms with Gasteiger partial charge in [-0.15, -0.1) is 0 Å². The van der Waals surface area contributed by atoms with E-state index < -0.39 is 0 Å². The fraction of sp³-hybridized carbons (Fsp3) is 0.562. The summed E-state index contributed by atoms with van der Waals surface area (Å²) >= 11 is 3.50. The first kappa shape index (κ1) is 15.5. The van der Waals surface area contributed by atoms with Gasteiger partial charge in [-0.3, -0.25) is 4.79 Å². The Labute approximate surface area is 129 Å². The first-order chi connectivity index (χ1) is 9.69. The van der Waals surface area contributed by atoms with Gasteiger partial charge in [-0.1, -0.05) is 41.4 Å². The van der Waals surface area contributed by atoms with Gasteiger partial charge in [0.25, 0.3) is 0 Å². The third-order valence-electron chi connectivity index (χ3n) is 3.99. The van der Waals surface area contributed by atoms with Crippen LogP contribution in [0, 0.1) is 11.8 Å². The van der Waals surface area contributed by atoms with E-state index >= 15 is 0 Å². The SMILES string of the molecule is CCC(CNC(=O)C1CCNC1)Cc1cccc(Br)c1. The lowest BCUT2D eigenvalue weighted by Crippen LogP contribution is -2.35. The molecule has 2 unspecified atom stereocenters. The van der Waals surface area contributed by atoms with Crippen molar-refractivity contribution < 1.29 is 4.79 Å². The fourth-order valence-corrected chi connectivity index (χ4v) is 3.07. The summed E-state index contributed by atoms with van der Waals surface area (Å²) in [4.78, 5) is 12.0. The number of benzene rings is 1.